The molecule has 0 saturated heterocycles. The second kappa shape index (κ2) is 3.82. The molecule has 0 heterocycles. The molecule has 0 radical (unpaired) electrons. The van der Waals surface area contributed by atoms with E-state index >= 15 is 0 Å². The lowest BCUT2D eigenvalue weighted by Crippen LogP contribution is -2.35. The molecule has 9 heavy (non-hydrogen) atoms. The maximum atomic E-state index is 4.85. The van der Waals surface area contributed by atoms with Gasteiger partial charge in [-0.05, 0) is 0 Å². The zero-order chi connectivity index (χ0) is 7.33. The average Bonchev–Trinajstić information content (AvgIpc) is 1.63. The summed E-state index contributed by atoms with van der Waals surface area (Å²) in [6, 6.07) is 0. The van der Waals surface area contributed by atoms with Crippen LogP contribution in [0.2, 0.25) is 0 Å². The number of nitrogens with zero attached hydrogens (tertiary/aromatic N) is 1. The van der Waals surface area contributed by atoms with Gasteiger partial charge in [-0.3, -0.25) is 0 Å². The Morgan fingerprint density at radius 3 is 2.22 bits per heavy atom. The Labute approximate surface area is 56.9 Å². The summed E-state index contributed by atoms with van der Waals surface area (Å²) in [6.07, 6.45) is 1.03. The molecule has 0 aromatic rings. The highest BCUT2D eigenvalue weighted by Gasteiger charge is 2.04. The number of nitrogens with two attached hydrogens (primary N) is 1. The van der Waals surface area contributed by atoms with Crippen LogP contribution in [0.5, 0.6) is 0 Å². The molecule has 0 bridgehead atoms. The topological polar surface area (TPSA) is 35.2 Å². The molecule has 0 aliphatic carbocycles. The van der Waals surface area contributed by atoms with E-state index in [1.807, 2.05) is 0 Å². The van der Waals surface area contributed by atoms with E-state index in [4.69, 9.17) is 5.90 Å². The predicted octanol–water partition coefficient (Wildman–Crippen LogP) is -0.0270. The molecule has 2 N–H and O–H groups in total. The summed E-state index contributed by atoms with van der Waals surface area (Å²) >= 11 is 0. The normalized spacial score (nSPS) is 12.0. The Bertz CT molecular complexity index is 67.9. The van der Waals surface area contributed by atoms with E-state index < -0.39 is 0 Å². The van der Waals surface area contributed by atoms with Crippen LogP contribution in [0.4, 0.5) is 0 Å². The van der Waals surface area contributed by atoms with E-state index in [0.717, 1.165) is 17.4 Å². The van der Waals surface area contributed by atoms with Crippen molar-refractivity contribution >= 4 is 0 Å². The van der Waals surface area contributed by atoms with Gasteiger partial charge in [0, 0.05) is 6.42 Å². The van der Waals surface area contributed by atoms with Gasteiger partial charge in [0.2, 0.25) is 0 Å². The summed E-state index contributed by atoms with van der Waals surface area (Å²) in [5.41, 5.74) is 0. The van der Waals surface area contributed by atoms with Crippen molar-refractivity contribution in [2.24, 2.45) is 5.90 Å². The SMILES string of the molecule is C[N+](C)(C)CCCON. The zero-order valence-electron chi connectivity index (χ0n) is 6.55. The molecule has 0 fully saturated rings. The van der Waals surface area contributed by atoms with Gasteiger partial charge in [-0.2, -0.15) is 0 Å². The molecular formula is C6H17N2O+. The van der Waals surface area contributed by atoms with Crippen LogP contribution in [0.3, 0.4) is 0 Å². The van der Waals surface area contributed by atoms with E-state index in [1.165, 1.54) is 0 Å². The molecular weight excluding hydrogens is 116 g/mol. The van der Waals surface area contributed by atoms with Crippen LogP contribution in [0.1, 0.15) is 6.42 Å². The molecule has 0 atom stereocenters. The summed E-state index contributed by atoms with van der Waals surface area (Å²) in [4.78, 5) is 4.43. The van der Waals surface area contributed by atoms with Crippen molar-refractivity contribution in [3.05, 3.63) is 0 Å². The molecule has 0 spiro atoms. The van der Waals surface area contributed by atoms with Gasteiger partial charge in [-0.1, -0.05) is 0 Å². The van der Waals surface area contributed by atoms with Gasteiger partial charge >= 0.3 is 0 Å². The molecule has 0 saturated carbocycles. The van der Waals surface area contributed by atoms with Crippen molar-refractivity contribution in [2.45, 2.75) is 6.42 Å². The largest absolute Gasteiger partial charge is 0.331 e. The minimum atomic E-state index is 0.662. The molecule has 3 heteroatoms. The Morgan fingerprint density at radius 1 is 1.33 bits per heavy atom. The second-order valence-electron chi connectivity index (χ2n) is 3.24. The molecule has 0 aromatic carbocycles. The van der Waals surface area contributed by atoms with E-state index in [-0.39, 0.29) is 0 Å². The zero-order valence-corrected chi connectivity index (χ0v) is 6.55. The number of hydrogen-bond donors (Lipinski definition) is 1. The second-order valence-corrected chi connectivity index (χ2v) is 3.24. The molecule has 0 amide bonds. The maximum Gasteiger partial charge on any atom is 0.0803 e. The Hall–Kier alpha value is -0.120. The van der Waals surface area contributed by atoms with Crippen LogP contribution in [0, 0.1) is 0 Å². The summed E-state index contributed by atoms with van der Waals surface area (Å²) in [5.74, 6) is 4.85. The lowest BCUT2D eigenvalue weighted by atomic mass is 10.4. The molecule has 0 aromatic heterocycles. The minimum Gasteiger partial charge on any atom is -0.331 e. The summed E-state index contributed by atoms with van der Waals surface area (Å²) in [5, 5.41) is 0. The van der Waals surface area contributed by atoms with Crippen LogP contribution in [-0.2, 0) is 4.84 Å². The van der Waals surface area contributed by atoms with Crippen LogP contribution >= 0.6 is 0 Å². The third kappa shape index (κ3) is 7.88. The molecule has 3 nitrogen and oxygen atoms in total. The van der Waals surface area contributed by atoms with E-state index in [9.17, 15) is 0 Å². The van der Waals surface area contributed by atoms with E-state index in [0.29, 0.717) is 6.61 Å². The monoisotopic (exact) mass is 133 g/mol. The highest BCUT2D eigenvalue weighted by molar-refractivity contribution is 4.30. The minimum absolute atomic E-state index is 0.662. The van der Waals surface area contributed by atoms with Gasteiger partial charge in [0.05, 0.1) is 34.3 Å². The van der Waals surface area contributed by atoms with Gasteiger partial charge < -0.3 is 9.32 Å². The maximum absolute atomic E-state index is 4.85. The van der Waals surface area contributed by atoms with Crippen molar-refractivity contribution in [1.29, 1.82) is 0 Å². The molecule has 0 aliphatic rings. The van der Waals surface area contributed by atoms with Crippen LogP contribution < -0.4 is 5.90 Å². The fourth-order valence-corrected chi connectivity index (χ4v) is 0.622. The first-order chi connectivity index (χ1) is 4.06. The van der Waals surface area contributed by atoms with E-state index in [2.05, 4.69) is 26.0 Å². The van der Waals surface area contributed by atoms with Gasteiger partial charge in [-0.25, -0.2) is 5.90 Å². The van der Waals surface area contributed by atoms with Crippen molar-refractivity contribution in [1.82, 2.24) is 0 Å². The average molecular weight is 133 g/mol. The third-order valence-corrected chi connectivity index (χ3v) is 1.09. The van der Waals surface area contributed by atoms with E-state index in [1.54, 1.807) is 0 Å². The Balaban J connectivity index is 3.07. The Morgan fingerprint density at radius 2 is 1.89 bits per heavy atom. The van der Waals surface area contributed by atoms with Crippen molar-refractivity contribution < 1.29 is 9.32 Å². The third-order valence-electron chi connectivity index (χ3n) is 1.09. The first-order valence-corrected chi connectivity index (χ1v) is 3.18. The summed E-state index contributed by atoms with van der Waals surface area (Å²) < 4.78 is 0.976. The first-order valence-electron chi connectivity index (χ1n) is 3.18. The van der Waals surface area contributed by atoms with Crippen LogP contribution in [0.25, 0.3) is 0 Å². The Kier molecular flexibility index (Phi) is 3.77. The molecule has 56 valence electrons. The smallest absolute Gasteiger partial charge is 0.0803 e. The van der Waals surface area contributed by atoms with Crippen LogP contribution in [0.15, 0.2) is 0 Å². The highest BCUT2D eigenvalue weighted by atomic mass is 16.6. The molecule has 0 unspecified atom stereocenters. The van der Waals surface area contributed by atoms with Gasteiger partial charge in [0.1, 0.15) is 0 Å². The first kappa shape index (κ1) is 8.88. The molecule has 0 rings (SSSR count). The van der Waals surface area contributed by atoms with Gasteiger partial charge in [0.25, 0.3) is 0 Å². The number of hydrogen-bond acceptors (Lipinski definition) is 2. The quantitative estimate of drug-likeness (QED) is 0.332. The fraction of sp³-hybridized carbons (Fsp3) is 1.00. The molecule has 0 aliphatic heterocycles. The number of quaternary nitrogens is 1. The van der Waals surface area contributed by atoms with Crippen molar-refractivity contribution in [3.8, 4) is 0 Å². The highest BCUT2D eigenvalue weighted by Crippen LogP contribution is 1.91. The fourth-order valence-electron chi connectivity index (χ4n) is 0.622. The van der Waals surface area contributed by atoms with Crippen molar-refractivity contribution in [2.75, 3.05) is 34.3 Å². The summed E-state index contributed by atoms with van der Waals surface area (Å²) in [7, 11) is 6.45. The van der Waals surface area contributed by atoms with Gasteiger partial charge in [0.15, 0.2) is 0 Å². The summed E-state index contributed by atoms with van der Waals surface area (Å²) in [6.45, 7) is 1.77. The lowest BCUT2D eigenvalue weighted by molar-refractivity contribution is -0.870. The van der Waals surface area contributed by atoms with Gasteiger partial charge in [-0.15, -0.1) is 0 Å². The lowest BCUT2D eigenvalue weighted by Gasteiger charge is -2.23. The number of rotatable bonds is 4. The standard InChI is InChI=1S/C6H17N2O/c1-8(2,3)5-4-6-9-7/h4-7H2,1-3H3/q+1. The van der Waals surface area contributed by atoms with Crippen molar-refractivity contribution in [3.63, 3.8) is 0 Å². The van der Waals surface area contributed by atoms with Crippen LogP contribution in [-0.4, -0.2) is 38.8 Å². The predicted molar refractivity (Wildman–Crippen MR) is 37.7 cm³/mol.